The maximum Gasteiger partial charge on any atom is 0.327 e. The monoisotopic (exact) mass is 505 g/mol. The molecular weight excluding hydrogens is 482 g/mol. The zero-order valence-corrected chi connectivity index (χ0v) is 20.4. The molecule has 1 aromatic carbocycles. The Hall–Kier alpha value is -3.37. The van der Waals surface area contributed by atoms with E-state index in [1.54, 1.807) is 27.3 Å². The van der Waals surface area contributed by atoms with Crippen molar-refractivity contribution in [2.75, 3.05) is 18.0 Å². The Morgan fingerprint density at radius 3 is 3.00 bits per heavy atom. The molecule has 0 spiro atoms. The highest BCUT2D eigenvalue weighted by Crippen LogP contribution is 2.50. The highest BCUT2D eigenvalue weighted by molar-refractivity contribution is 8.01. The number of hydrogen-bond acceptors (Lipinski definition) is 6. The van der Waals surface area contributed by atoms with Crippen molar-refractivity contribution in [1.82, 2.24) is 20.5 Å². The van der Waals surface area contributed by atoms with Crippen LogP contribution in [0, 0.1) is 0 Å². The van der Waals surface area contributed by atoms with Crippen LogP contribution < -0.4 is 15.5 Å². The second-order valence-electron chi connectivity index (χ2n) is 8.83. The molecule has 5 heterocycles. The van der Waals surface area contributed by atoms with E-state index in [1.165, 1.54) is 17.8 Å². The lowest BCUT2D eigenvalue weighted by Gasteiger charge is -2.35. The summed E-state index contributed by atoms with van der Waals surface area (Å²) in [5, 5.41) is 9.50. The number of urea groups is 1. The second-order valence-corrected chi connectivity index (χ2v) is 10.9. The summed E-state index contributed by atoms with van der Waals surface area (Å²) in [5.74, 6) is -0.281. The number of carbonyl (C=O) groups excluding carboxylic acids is 3. The molecule has 3 aliphatic rings. The van der Waals surface area contributed by atoms with Crippen LogP contribution in [-0.2, 0) is 9.59 Å². The Balaban J connectivity index is 1.26. The summed E-state index contributed by atoms with van der Waals surface area (Å²) in [6.07, 6.45) is 4.61. The van der Waals surface area contributed by atoms with Crippen LogP contribution in [0.15, 0.2) is 59.6 Å². The van der Waals surface area contributed by atoms with Crippen molar-refractivity contribution in [3.05, 3.63) is 60.1 Å². The van der Waals surface area contributed by atoms with Gasteiger partial charge in [0.15, 0.2) is 0 Å². The molecule has 0 radical (unpaired) electrons. The molecule has 0 bridgehead atoms. The summed E-state index contributed by atoms with van der Waals surface area (Å²) in [6, 6.07) is 8.97. The normalized spacial score (nSPS) is 23.1. The van der Waals surface area contributed by atoms with Gasteiger partial charge < -0.3 is 15.5 Å². The van der Waals surface area contributed by atoms with Gasteiger partial charge in [-0.3, -0.25) is 14.5 Å². The predicted molar refractivity (Wildman–Crippen MR) is 137 cm³/mol. The van der Waals surface area contributed by atoms with Crippen molar-refractivity contribution < 1.29 is 14.4 Å². The number of nitrogens with zero attached hydrogens (tertiary/aromatic N) is 3. The number of aromatic nitrogens is 1. The highest BCUT2D eigenvalue weighted by atomic mass is 32.2. The van der Waals surface area contributed by atoms with Gasteiger partial charge in [0.1, 0.15) is 10.3 Å². The molecule has 6 rings (SSSR count). The van der Waals surface area contributed by atoms with E-state index in [2.05, 4.69) is 22.2 Å². The molecule has 10 heteroatoms. The van der Waals surface area contributed by atoms with Gasteiger partial charge in [-0.05, 0) is 60.0 Å². The van der Waals surface area contributed by atoms with Gasteiger partial charge in [0.25, 0.3) is 0 Å². The maximum absolute atomic E-state index is 13.4. The Bertz CT molecular complexity index is 1370. The van der Waals surface area contributed by atoms with Crippen molar-refractivity contribution in [2.24, 2.45) is 0 Å². The van der Waals surface area contributed by atoms with Crippen LogP contribution in [0.2, 0.25) is 0 Å². The zero-order valence-electron chi connectivity index (χ0n) is 18.8. The molecule has 1 saturated heterocycles. The first-order valence-corrected chi connectivity index (χ1v) is 13.2. The van der Waals surface area contributed by atoms with Gasteiger partial charge in [-0.15, -0.1) is 11.3 Å². The molecule has 178 valence electrons. The molecule has 2 N–H and O–H groups in total. The van der Waals surface area contributed by atoms with E-state index in [0.29, 0.717) is 13.1 Å². The molecule has 2 unspecified atom stereocenters. The number of nitrogens with one attached hydrogen (secondary N) is 2. The van der Waals surface area contributed by atoms with Crippen molar-refractivity contribution >= 4 is 62.4 Å². The molecule has 1 fully saturated rings. The van der Waals surface area contributed by atoms with Crippen LogP contribution in [0.3, 0.4) is 0 Å². The van der Waals surface area contributed by atoms with Crippen LogP contribution in [0.1, 0.15) is 24.4 Å². The first-order chi connectivity index (χ1) is 17.0. The van der Waals surface area contributed by atoms with E-state index >= 15 is 0 Å². The molecule has 3 atom stereocenters. The minimum absolute atomic E-state index is 0.124. The van der Waals surface area contributed by atoms with Gasteiger partial charge >= 0.3 is 6.03 Å². The highest BCUT2D eigenvalue weighted by Gasteiger charge is 2.47. The Kier molecular flexibility index (Phi) is 5.49. The van der Waals surface area contributed by atoms with Crippen molar-refractivity contribution in [2.45, 2.75) is 35.2 Å². The number of fused-ring (bicyclic) bond motifs is 1. The molecule has 35 heavy (non-hydrogen) atoms. The number of pyridine rings is 1. The van der Waals surface area contributed by atoms with Gasteiger partial charge in [0.2, 0.25) is 11.8 Å². The minimum atomic E-state index is -0.533. The first-order valence-electron chi connectivity index (χ1n) is 11.5. The molecule has 8 nitrogen and oxygen atoms in total. The summed E-state index contributed by atoms with van der Waals surface area (Å²) in [5.41, 5.74) is 2.39. The summed E-state index contributed by atoms with van der Waals surface area (Å²) in [6.45, 7) is 4.68. The summed E-state index contributed by atoms with van der Waals surface area (Å²) in [7, 11) is 0. The number of likely N-dealkylation sites (tertiary alicyclic amines) is 1. The van der Waals surface area contributed by atoms with E-state index in [-0.39, 0.29) is 23.9 Å². The van der Waals surface area contributed by atoms with Gasteiger partial charge in [-0.1, -0.05) is 18.3 Å². The molecule has 4 amide bonds. The quantitative estimate of drug-likeness (QED) is 0.524. The lowest BCUT2D eigenvalue weighted by Crippen LogP contribution is -2.53. The Labute approximate surface area is 210 Å². The third-order valence-electron chi connectivity index (χ3n) is 6.71. The fourth-order valence-corrected chi connectivity index (χ4v) is 7.09. The number of rotatable bonds is 4. The van der Waals surface area contributed by atoms with E-state index in [1.807, 2.05) is 35.7 Å². The lowest BCUT2D eigenvalue weighted by molar-refractivity contribution is -0.129. The molecule has 0 saturated carbocycles. The standard InChI is InChI=1S/C25H23N5O3S2/c1-2-19(31)29-10-3-4-15(13-29)27-23(32)22-21-20-17(7-9-26-24(20)35-22)30(25(33)28-21)16-5-6-18-14(12-16)8-11-34-18/h2,5-9,11-12,15,21-22H,1,3-4,10,13H2,(H,27,32)(H,28,33)/t15?,21?,22-/m1/s1. The number of hydrogen-bond donors (Lipinski definition) is 2. The number of thioether (sulfide) groups is 1. The van der Waals surface area contributed by atoms with Crippen LogP contribution >= 0.6 is 23.1 Å². The summed E-state index contributed by atoms with van der Waals surface area (Å²) in [4.78, 5) is 46.6. The van der Waals surface area contributed by atoms with E-state index in [0.717, 1.165) is 44.9 Å². The summed E-state index contributed by atoms with van der Waals surface area (Å²) < 4.78 is 1.16. The zero-order chi connectivity index (χ0) is 24.1. The second kappa shape index (κ2) is 8.69. The SMILES string of the molecule is C=CC(=O)N1CCCC(NC(=O)[C@@H]2Sc3nccc4c3C2NC(=O)N4c2ccc3sccc3c2)C1. The minimum Gasteiger partial charge on any atom is -0.351 e. The molecule has 0 aliphatic carbocycles. The molecule has 2 aromatic heterocycles. The number of benzene rings is 1. The van der Waals surface area contributed by atoms with Gasteiger partial charge in [0.05, 0.1) is 17.4 Å². The summed E-state index contributed by atoms with van der Waals surface area (Å²) >= 11 is 3.03. The number of carbonyl (C=O) groups is 3. The van der Waals surface area contributed by atoms with Gasteiger partial charge in [-0.2, -0.15) is 0 Å². The Morgan fingerprint density at radius 1 is 1.26 bits per heavy atom. The average Bonchev–Trinajstić information content (AvgIpc) is 3.49. The van der Waals surface area contributed by atoms with Gasteiger partial charge in [0, 0.05) is 35.6 Å². The molecular formula is C25H23N5O3S2. The topological polar surface area (TPSA) is 94.6 Å². The number of piperidine rings is 1. The largest absolute Gasteiger partial charge is 0.351 e. The van der Waals surface area contributed by atoms with Crippen molar-refractivity contribution in [3.8, 4) is 0 Å². The van der Waals surface area contributed by atoms with Crippen LogP contribution in [0.4, 0.5) is 16.2 Å². The van der Waals surface area contributed by atoms with Crippen molar-refractivity contribution in [3.63, 3.8) is 0 Å². The van der Waals surface area contributed by atoms with Gasteiger partial charge in [-0.25, -0.2) is 9.78 Å². The van der Waals surface area contributed by atoms with E-state index in [9.17, 15) is 14.4 Å². The average molecular weight is 506 g/mol. The number of thiophene rings is 1. The maximum atomic E-state index is 13.4. The van der Waals surface area contributed by atoms with E-state index < -0.39 is 11.3 Å². The van der Waals surface area contributed by atoms with E-state index in [4.69, 9.17) is 0 Å². The smallest absolute Gasteiger partial charge is 0.327 e. The van der Waals surface area contributed by atoms with Crippen LogP contribution in [0.25, 0.3) is 10.1 Å². The Morgan fingerprint density at radius 2 is 2.14 bits per heavy atom. The number of amides is 4. The third-order valence-corrected chi connectivity index (χ3v) is 8.90. The van der Waals surface area contributed by atoms with Crippen LogP contribution in [0.5, 0.6) is 0 Å². The van der Waals surface area contributed by atoms with Crippen molar-refractivity contribution in [1.29, 1.82) is 0 Å². The van der Waals surface area contributed by atoms with Crippen LogP contribution in [-0.4, -0.2) is 52.1 Å². The fraction of sp³-hybridized carbons (Fsp3) is 0.280. The molecule has 3 aliphatic heterocycles. The fourth-order valence-electron chi connectivity index (χ4n) is 5.08. The predicted octanol–water partition coefficient (Wildman–Crippen LogP) is 3.97. The number of anilines is 2. The third kappa shape index (κ3) is 3.77. The molecule has 3 aromatic rings. The lowest BCUT2D eigenvalue weighted by atomic mass is 9.99. The first kappa shape index (κ1) is 22.1.